The van der Waals surface area contributed by atoms with Gasteiger partial charge in [0.05, 0.1) is 0 Å². The second-order valence-electron chi connectivity index (χ2n) is 6.29. The Morgan fingerprint density at radius 3 is 2.69 bits per heavy atom. The van der Waals surface area contributed by atoms with Gasteiger partial charge in [0.1, 0.15) is 5.82 Å². The van der Waals surface area contributed by atoms with Crippen LogP contribution in [0.3, 0.4) is 0 Å². The molecule has 1 aliphatic rings. The van der Waals surface area contributed by atoms with Crippen molar-refractivity contribution in [3.63, 3.8) is 0 Å². The van der Waals surface area contributed by atoms with Crippen molar-refractivity contribution < 1.29 is 14.0 Å². The summed E-state index contributed by atoms with van der Waals surface area (Å²) in [6.45, 7) is 1.06. The van der Waals surface area contributed by atoms with E-state index in [2.05, 4.69) is 5.32 Å². The highest BCUT2D eigenvalue weighted by Gasteiger charge is 2.22. The lowest BCUT2D eigenvalue weighted by Gasteiger charge is -2.29. The number of benzene rings is 2. The quantitative estimate of drug-likeness (QED) is 0.805. The maximum absolute atomic E-state index is 13.4. The van der Waals surface area contributed by atoms with E-state index in [9.17, 15) is 14.0 Å². The Morgan fingerprint density at radius 2 is 1.92 bits per heavy atom. The number of hydrogen-bond acceptors (Lipinski definition) is 2. The molecular formula is C20H20ClFN2O2. The zero-order valence-corrected chi connectivity index (χ0v) is 15.1. The molecule has 1 N–H and O–H groups in total. The molecule has 0 atom stereocenters. The van der Waals surface area contributed by atoms with Crippen LogP contribution in [-0.4, -0.2) is 24.9 Å². The molecule has 2 amide bonds. The lowest BCUT2D eigenvalue weighted by Crippen LogP contribution is -2.36. The van der Waals surface area contributed by atoms with Crippen LogP contribution in [0.1, 0.15) is 35.2 Å². The smallest absolute Gasteiger partial charge is 0.251 e. The van der Waals surface area contributed by atoms with Gasteiger partial charge in [-0.05, 0) is 67.3 Å². The first kappa shape index (κ1) is 18.4. The molecule has 6 heteroatoms. The van der Waals surface area contributed by atoms with Crippen LogP contribution in [0.5, 0.6) is 0 Å². The van der Waals surface area contributed by atoms with Gasteiger partial charge in [-0.3, -0.25) is 9.59 Å². The van der Waals surface area contributed by atoms with Crippen LogP contribution >= 0.6 is 11.6 Å². The summed E-state index contributed by atoms with van der Waals surface area (Å²) >= 11 is 5.80. The molecular weight excluding hydrogens is 355 g/mol. The van der Waals surface area contributed by atoms with Crippen LogP contribution in [0.15, 0.2) is 42.5 Å². The molecule has 0 saturated heterocycles. The van der Waals surface area contributed by atoms with Crippen LogP contribution < -0.4 is 10.2 Å². The van der Waals surface area contributed by atoms with E-state index >= 15 is 0 Å². The van der Waals surface area contributed by atoms with Gasteiger partial charge in [-0.15, -0.1) is 0 Å². The van der Waals surface area contributed by atoms with Crippen molar-refractivity contribution in [3.05, 3.63) is 64.4 Å². The van der Waals surface area contributed by atoms with E-state index < -0.39 is 0 Å². The standard InChI is InChI=1S/C20H20ClFN2O2/c21-16-7-5-14(6-8-16)20(26)23-11-1-4-19(25)24-12-2-3-15-13-17(22)9-10-18(15)24/h5-10,13H,1-4,11-12H2,(H,23,26). The second-order valence-corrected chi connectivity index (χ2v) is 6.72. The monoisotopic (exact) mass is 374 g/mol. The van der Waals surface area contributed by atoms with Gasteiger partial charge in [0, 0.05) is 35.8 Å². The number of hydrogen-bond donors (Lipinski definition) is 1. The molecule has 4 nitrogen and oxygen atoms in total. The summed E-state index contributed by atoms with van der Waals surface area (Å²) in [4.78, 5) is 26.2. The Balaban J connectivity index is 1.49. The topological polar surface area (TPSA) is 49.4 Å². The number of halogens is 2. The number of amides is 2. The maximum atomic E-state index is 13.4. The van der Waals surface area contributed by atoms with Crippen molar-refractivity contribution in [1.29, 1.82) is 0 Å². The normalized spacial score (nSPS) is 13.2. The summed E-state index contributed by atoms with van der Waals surface area (Å²) in [6, 6.07) is 11.2. The third-order valence-electron chi connectivity index (χ3n) is 4.42. The molecule has 0 aromatic heterocycles. The van der Waals surface area contributed by atoms with Crippen molar-refractivity contribution in [2.24, 2.45) is 0 Å². The van der Waals surface area contributed by atoms with Gasteiger partial charge in [-0.1, -0.05) is 11.6 Å². The molecule has 0 aliphatic carbocycles. The van der Waals surface area contributed by atoms with Crippen LogP contribution in [0.2, 0.25) is 5.02 Å². The molecule has 0 spiro atoms. The first-order chi connectivity index (χ1) is 12.5. The van der Waals surface area contributed by atoms with E-state index in [1.807, 2.05) is 0 Å². The first-order valence-electron chi connectivity index (χ1n) is 8.67. The van der Waals surface area contributed by atoms with Crippen molar-refractivity contribution in [1.82, 2.24) is 5.32 Å². The Labute approximate surface area is 157 Å². The van der Waals surface area contributed by atoms with Gasteiger partial charge in [0.25, 0.3) is 5.91 Å². The lowest BCUT2D eigenvalue weighted by atomic mass is 10.0. The minimum atomic E-state index is -0.275. The molecule has 26 heavy (non-hydrogen) atoms. The Morgan fingerprint density at radius 1 is 1.15 bits per heavy atom. The number of nitrogens with zero attached hydrogens (tertiary/aromatic N) is 1. The molecule has 0 unspecified atom stereocenters. The molecule has 2 aromatic rings. The van der Waals surface area contributed by atoms with E-state index in [0.717, 1.165) is 24.1 Å². The SMILES string of the molecule is O=C(NCCCC(=O)N1CCCc2cc(F)ccc21)c1ccc(Cl)cc1. The van der Waals surface area contributed by atoms with Gasteiger partial charge in [-0.25, -0.2) is 4.39 Å². The number of nitrogens with one attached hydrogen (secondary N) is 1. The molecule has 0 bridgehead atoms. The highest BCUT2D eigenvalue weighted by molar-refractivity contribution is 6.30. The fraction of sp³-hybridized carbons (Fsp3) is 0.300. The van der Waals surface area contributed by atoms with E-state index in [1.165, 1.54) is 12.1 Å². The van der Waals surface area contributed by atoms with E-state index in [1.54, 1.807) is 35.2 Å². The number of anilines is 1. The van der Waals surface area contributed by atoms with E-state index in [4.69, 9.17) is 11.6 Å². The van der Waals surface area contributed by atoms with Gasteiger partial charge in [-0.2, -0.15) is 0 Å². The third kappa shape index (κ3) is 4.41. The number of fused-ring (bicyclic) bond motifs is 1. The zero-order chi connectivity index (χ0) is 18.5. The van der Waals surface area contributed by atoms with Gasteiger partial charge >= 0.3 is 0 Å². The zero-order valence-electron chi connectivity index (χ0n) is 14.3. The van der Waals surface area contributed by atoms with Gasteiger partial charge in [0.2, 0.25) is 5.91 Å². The van der Waals surface area contributed by atoms with E-state index in [-0.39, 0.29) is 17.6 Å². The Kier molecular flexibility index (Phi) is 5.89. The molecule has 136 valence electrons. The average Bonchev–Trinajstić information content (AvgIpc) is 2.64. The summed E-state index contributed by atoms with van der Waals surface area (Å²) in [5.41, 5.74) is 2.21. The Hall–Kier alpha value is -2.40. The molecule has 1 heterocycles. The molecule has 0 saturated carbocycles. The fourth-order valence-corrected chi connectivity index (χ4v) is 3.23. The van der Waals surface area contributed by atoms with Crippen molar-refractivity contribution in [2.45, 2.75) is 25.7 Å². The number of aryl methyl sites for hydroxylation is 1. The van der Waals surface area contributed by atoms with Crippen LogP contribution in [0.25, 0.3) is 0 Å². The number of carbonyl (C=O) groups excluding carboxylic acids is 2. The predicted molar refractivity (Wildman–Crippen MR) is 100 cm³/mol. The number of rotatable bonds is 5. The minimum Gasteiger partial charge on any atom is -0.352 e. The molecule has 3 rings (SSSR count). The summed E-state index contributed by atoms with van der Waals surface area (Å²) < 4.78 is 13.4. The Bertz CT molecular complexity index is 808. The molecule has 1 aliphatic heterocycles. The summed E-state index contributed by atoms with van der Waals surface area (Å²) in [5, 5.41) is 3.38. The summed E-state index contributed by atoms with van der Waals surface area (Å²) in [5.74, 6) is -0.464. The lowest BCUT2D eigenvalue weighted by molar-refractivity contribution is -0.118. The number of carbonyl (C=O) groups is 2. The van der Waals surface area contributed by atoms with Gasteiger partial charge in [0.15, 0.2) is 0 Å². The highest BCUT2D eigenvalue weighted by atomic mass is 35.5. The van der Waals surface area contributed by atoms with Gasteiger partial charge < -0.3 is 10.2 Å². The predicted octanol–water partition coefficient (Wildman–Crippen LogP) is 3.97. The molecule has 2 aromatic carbocycles. The summed E-state index contributed by atoms with van der Waals surface area (Å²) in [7, 11) is 0. The molecule has 0 fully saturated rings. The third-order valence-corrected chi connectivity index (χ3v) is 4.67. The first-order valence-corrected chi connectivity index (χ1v) is 9.05. The van der Waals surface area contributed by atoms with Crippen LogP contribution in [0.4, 0.5) is 10.1 Å². The summed E-state index contributed by atoms with van der Waals surface area (Å²) in [6.07, 6.45) is 2.49. The fourth-order valence-electron chi connectivity index (χ4n) is 3.10. The average molecular weight is 375 g/mol. The second kappa shape index (κ2) is 8.32. The minimum absolute atomic E-state index is 0.00157. The van der Waals surface area contributed by atoms with Crippen LogP contribution in [-0.2, 0) is 11.2 Å². The maximum Gasteiger partial charge on any atom is 0.251 e. The molecule has 0 radical (unpaired) electrons. The van der Waals surface area contributed by atoms with Crippen molar-refractivity contribution >= 4 is 29.1 Å². The highest BCUT2D eigenvalue weighted by Crippen LogP contribution is 2.28. The van der Waals surface area contributed by atoms with Crippen LogP contribution in [0, 0.1) is 5.82 Å². The van der Waals surface area contributed by atoms with Crippen molar-refractivity contribution in [2.75, 3.05) is 18.0 Å². The van der Waals surface area contributed by atoms with E-state index in [0.29, 0.717) is 36.5 Å². The van der Waals surface area contributed by atoms with Crippen molar-refractivity contribution in [3.8, 4) is 0 Å². The largest absolute Gasteiger partial charge is 0.352 e.